The fourth-order valence-corrected chi connectivity index (χ4v) is 4.49. The maximum Gasteiger partial charge on any atom is 0.163 e. The van der Waals surface area contributed by atoms with Crippen LogP contribution in [0.5, 0.6) is 0 Å². The van der Waals surface area contributed by atoms with E-state index >= 15 is 0 Å². The molecule has 0 bridgehead atoms. The summed E-state index contributed by atoms with van der Waals surface area (Å²) in [6.45, 7) is 5.03. The summed E-state index contributed by atoms with van der Waals surface area (Å²) >= 11 is 0. The topological polar surface area (TPSA) is 79.1 Å². The lowest BCUT2D eigenvalue weighted by molar-refractivity contribution is 0.253. The Kier molecular flexibility index (Phi) is 5.12. The minimum atomic E-state index is 0.0672. The van der Waals surface area contributed by atoms with Gasteiger partial charge in [0.1, 0.15) is 12.1 Å². The molecule has 2 aliphatic rings. The first-order valence-electron chi connectivity index (χ1n) is 9.60. The van der Waals surface area contributed by atoms with Crippen LogP contribution in [-0.2, 0) is 6.54 Å². The Bertz CT molecular complexity index is 686. The van der Waals surface area contributed by atoms with Crippen molar-refractivity contribution in [2.45, 2.75) is 38.6 Å². The van der Waals surface area contributed by atoms with Gasteiger partial charge in [0, 0.05) is 13.1 Å². The van der Waals surface area contributed by atoms with E-state index in [1.54, 1.807) is 11.0 Å². The van der Waals surface area contributed by atoms with Gasteiger partial charge in [-0.2, -0.15) is 5.10 Å². The van der Waals surface area contributed by atoms with Gasteiger partial charge in [-0.3, -0.25) is 0 Å². The van der Waals surface area contributed by atoms with Crippen LogP contribution in [0.2, 0.25) is 0 Å². The summed E-state index contributed by atoms with van der Waals surface area (Å²) in [6, 6.07) is 0. The second kappa shape index (κ2) is 7.66. The fraction of sp³-hybridized carbons (Fsp3) is 0.722. The van der Waals surface area contributed by atoms with Crippen molar-refractivity contribution in [2.24, 2.45) is 11.8 Å². The Morgan fingerprint density at radius 1 is 1.08 bits per heavy atom. The maximum atomic E-state index is 9.17. The molecule has 0 spiro atoms. The summed E-state index contributed by atoms with van der Waals surface area (Å²) in [5, 5.41) is 18.1. The normalized spacial score (nSPS) is 23.1. The zero-order valence-corrected chi connectivity index (χ0v) is 14.8. The zero-order valence-electron chi connectivity index (χ0n) is 14.8. The molecule has 0 aromatic carbocycles. The Balaban J connectivity index is 1.46. The quantitative estimate of drug-likeness (QED) is 0.873. The number of nitrogens with zero attached hydrogens (tertiary/aromatic N) is 5. The van der Waals surface area contributed by atoms with Crippen LogP contribution in [-0.4, -0.2) is 57.6 Å². The number of fused-ring (bicyclic) bond motifs is 1. The van der Waals surface area contributed by atoms with Crippen molar-refractivity contribution >= 4 is 16.9 Å². The molecule has 4 rings (SSSR count). The van der Waals surface area contributed by atoms with Gasteiger partial charge in [0.2, 0.25) is 0 Å². The van der Waals surface area contributed by atoms with E-state index in [-0.39, 0.29) is 6.61 Å². The van der Waals surface area contributed by atoms with E-state index in [4.69, 9.17) is 5.11 Å². The van der Waals surface area contributed by atoms with Gasteiger partial charge in [-0.05, 0) is 57.0 Å². The summed E-state index contributed by atoms with van der Waals surface area (Å²) in [6.07, 6.45) is 9.99. The van der Waals surface area contributed by atoms with E-state index in [9.17, 15) is 0 Å². The average molecular weight is 344 g/mol. The molecule has 7 nitrogen and oxygen atoms in total. The van der Waals surface area contributed by atoms with Crippen LogP contribution >= 0.6 is 0 Å². The second-order valence-corrected chi connectivity index (χ2v) is 7.29. The van der Waals surface area contributed by atoms with Gasteiger partial charge in [0.05, 0.1) is 24.7 Å². The highest BCUT2D eigenvalue weighted by molar-refractivity contribution is 5.86. The van der Waals surface area contributed by atoms with Crippen LogP contribution in [0.4, 0.5) is 5.82 Å². The zero-order chi connectivity index (χ0) is 17.1. The molecule has 2 saturated heterocycles. The first kappa shape index (κ1) is 16.7. The van der Waals surface area contributed by atoms with Crippen molar-refractivity contribution in [3.63, 3.8) is 0 Å². The van der Waals surface area contributed by atoms with Crippen LogP contribution in [0.1, 0.15) is 32.1 Å². The monoisotopic (exact) mass is 344 g/mol. The highest BCUT2D eigenvalue weighted by Gasteiger charge is 2.28. The molecular weight excluding hydrogens is 316 g/mol. The summed E-state index contributed by atoms with van der Waals surface area (Å²) in [5.74, 6) is 2.73. The van der Waals surface area contributed by atoms with E-state index in [0.29, 0.717) is 6.54 Å². The molecule has 1 unspecified atom stereocenters. The van der Waals surface area contributed by atoms with Gasteiger partial charge in [0.15, 0.2) is 5.65 Å². The predicted molar refractivity (Wildman–Crippen MR) is 97.6 cm³/mol. The minimum Gasteiger partial charge on any atom is -0.394 e. The molecule has 7 heteroatoms. The summed E-state index contributed by atoms with van der Waals surface area (Å²) < 4.78 is 1.76. The Morgan fingerprint density at radius 3 is 2.76 bits per heavy atom. The first-order chi connectivity index (χ1) is 12.4. The molecule has 2 aliphatic heterocycles. The lowest BCUT2D eigenvalue weighted by Gasteiger charge is -2.36. The van der Waals surface area contributed by atoms with E-state index in [0.717, 1.165) is 41.8 Å². The van der Waals surface area contributed by atoms with Crippen molar-refractivity contribution < 1.29 is 5.11 Å². The molecule has 4 heterocycles. The second-order valence-electron chi connectivity index (χ2n) is 7.29. The van der Waals surface area contributed by atoms with Crippen molar-refractivity contribution in [3.8, 4) is 0 Å². The fourth-order valence-electron chi connectivity index (χ4n) is 4.49. The molecule has 2 aromatic heterocycles. The third kappa shape index (κ3) is 3.48. The van der Waals surface area contributed by atoms with Crippen LogP contribution in [0.3, 0.4) is 0 Å². The largest absolute Gasteiger partial charge is 0.394 e. The van der Waals surface area contributed by atoms with Gasteiger partial charge in [-0.15, -0.1) is 0 Å². The Labute approximate surface area is 148 Å². The van der Waals surface area contributed by atoms with Crippen LogP contribution in [0, 0.1) is 11.8 Å². The number of aromatic nitrogens is 4. The average Bonchev–Trinajstić information content (AvgIpc) is 2.88. The molecule has 25 heavy (non-hydrogen) atoms. The third-order valence-electron chi connectivity index (χ3n) is 5.85. The predicted octanol–water partition coefficient (Wildman–Crippen LogP) is 1.42. The summed E-state index contributed by atoms with van der Waals surface area (Å²) in [4.78, 5) is 11.3. The smallest absolute Gasteiger partial charge is 0.163 e. The molecule has 1 atom stereocenters. The first-order valence-corrected chi connectivity index (χ1v) is 9.60. The van der Waals surface area contributed by atoms with E-state index in [1.807, 2.05) is 6.20 Å². The van der Waals surface area contributed by atoms with Crippen molar-refractivity contribution in [1.29, 1.82) is 0 Å². The standard InChI is InChI=1S/C18H28N6O/c25-11-10-24-18-16(12-22-24)17(20-13-21-18)23-8-4-15(5-9-23)14-2-1-6-19-7-3-14/h12-15,19,25H,1-11H2. The Morgan fingerprint density at radius 2 is 1.92 bits per heavy atom. The molecule has 2 fully saturated rings. The van der Waals surface area contributed by atoms with Crippen LogP contribution < -0.4 is 10.2 Å². The molecule has 0 saturated carbocycles. The molecule has 2 N–H and O–H groups in total. The number of piperidine rings is 1. The molecule has 0 amide bonds. The van der Waals surface area contributed by atoms with Gasteiger partial charge in [0.25, 0.3) is 0 Å². The molecule has 0 aliphatic carbocycles. The third-order valence-corrected chi connectivity index (χ3v) is 5.85. The minimum absolute atomic E-state index is 0.0672. The number of rotatable bonds is 4. The van der Waals surface area contributed by atoms with Crippen LogP contribution in [0.15, 0.2) is 12.5 Å². The number of aliphatic hydroxyl groups excluding tert-OH is 1. The number of aliphatic hydroxyl groups is 1. The molecule has 0 radical (unpaired) electrons. The molecule has 2 aromatic rings. The SMILES string of the molecule is OCCn1ncc2c(N3CCC(C4CCCNCC4)CC3)ncnc21. The number of hydrogen-bond acceptors (Lipinski definition) is 6. The lowest BCUT2D eigenvalue weighted by Crippen LogP contribution is -2.37. The van der Waals surface area contributed by atoms with Gasteiger partial charge < -0.3 is 15.3 Å². The van der Waals surface area contributed by atoms with Crippen molar-refractivity contribution in [3.05, 3.63) is 12.5 Å². The van der Waals surface area contributed by atoms with Gasteiger partial charge in [-0.1, -0.05) is 0 Å². The number of nitrogens with one attached hydrogen (secondary N) is 1. The van der Waals surface area contributed by atoms with Gasteiger partial charge >= 0.3 is 0 Å². The molecule has 136 valence electrons. The maximum absolute atomic E-state index is 9.17. The van der Waals surface area contributed by atoms with Gasteiger partial charge in [-0.25, -0.2) is 14.6 Å². The van der Waals surface area contributed by atoms with E-state index in [2.05, 4.69) is 25.3 Å². The van der Waals surface area contributed by atoms with E-state index < -0.39 is 0 Å². The molecular formula is C18H28N6O. The Hall–Kier alpha value is -1.73. The van der Waals surface area contributed by atoms with Crippen molar-refractivity contribution in [2.75, 3.05) is 37.7 Å². The van der Waals surface area contributed by atoms with Crippen LogP contribution in [0.25, 0.3) is 11.0 Å². The highest BCUT2D eigenvalue weighted by atomic mass is 16.3. The van der Waals surface area contributed by atoms with Crippen molar-refractivity contribution in [1.82, 2.24) is 25.1 Å². The number of anilines is 1. The number of hydrogen-bond donors (Lipinski definition) is 2. The van der Waals surface area contributed by atoms with E-state index in [1.165, 1.54) is 45.2 Å². The summed E-state index contributed by atoms with van der Waals surface area (Å²) in [5.41, 5.74) is 0.816. The lowest BCUT2D eigenvalue weighted by atomic mass is 9.80. The summed E-state index contributed by atoms with van der Waals surface area (Å²) in [7, 11) is 0. The highest BCUT2D eigenvalue weighted by Crippen LogP contribution is 2.34.